The van der Waals surface area contributed by atoms with Crippen molar-refractivity contribution in [2.45, 2.75) is 44.4 Å². The third-order valence-corrected chi connectivity index (χ3v) is 6.19. The molecule has 0 unspecified atom stereocenters. The Hall–Kier alpha value is -1.85. The molecule has 0 fully saturated rings. The summed E-state index contributed by atoms with van der Waals surface area (Å²) in [5, 5.41) is 0.493. The van der Waals surface area contributed by atoms with Crippen molar-refractivity contribution in [3.05, 3.63) is 58.9 Å². The van der Waals surface area contributed by atoms with E-state index in [-0.39, 0.29) is 4.90 Å². The van der Waals surface area contributed by atoms with E-state index in [1.165, 1.54) is 3.97 Å². The van der Waals surface area contributed by atoms with Crippen LogP contribution in [0.4, 0.5) is 0 Å². The fourth-order valence-electron chi connectivity index (χ4n) is 2.85. The second kappa shape index (κ2) is 7.18. The molecule has 0 saturated heterocycles. The number of hydrogen-bond donors (Lipinski definition) is 0. The molecule has 132 valence electrons. The predicted molar refractivity (Wildman–Crippen MR) is 102 cm³/mol. The summed E-state index contributed by atoms with van der Waals surface area (Å²) in [4.78, 5) is 4.82. The number of rotatable bonds is 6. The number of halogens is 1. The van der Waals surface area contributed by atoms with Crippen molar-refractivity contribution in [2.24, 2.45) is 0 Å². The SMILES string of the molecule is CCCCCc1nc2ccc(Cl)cc2n1S(=O)(=O)c1ccc(C)cc1. The van der Waals surface area contributed by atoms with Crippen molar-refractivity contribution in [2.75, 3.05) is 0 Å². The average molecular weight is 377 g/mol. The minimum absolute atomic E-state index is 0.258. The fraction of sp³-hybridized carbons (Fsp3) is 0.316. The van der Waals surface area contributed by atoms with Crippen LogP contribution in [0.15, 0.2) is 47.4 Å². The molecule has 0 amide bonds. The first kappa shape index (κ1) is 18.0. The molecule has 0 saturated carbocycles. The lowest BCUT2D eigenvalue weighted by molar-refractivity contribution is 0.584. The highest BCUT2D eigenvalue weighted by atomic mass is 35.5. The molecule has 0 N–H and O–H groups in total. The number of benzene rings is 2. The Balaban J connectivity index is 2.19. The maximum Gasteiger partial charge on any atom is 0.269 e. The lowest BCUT2D eigenvalue weighted by Crippen LogP contribution is -2.16. The molecule has 0 aliphatic rings. The standard InChI is InChI=1S/C19H21ClN2O2S/c1-3-4-5-6-19-21-17-12-9-15(20)13-18(17)22(19)25(23,24)16-10-7-14(2)8-11-16/h7-13H,3-6H2,1-2H3. The highest BCUT2D eigenvalue weighted by Gasteiger charge is 2.24. The van der Waals surface area contributed by atoms with Gasteiger partial charge in [-0.25, -0.2) is 17.4 Å². The molecule has 1 aromatic heterocycles. The molecule has 3 rings (SSSR count). The van der Waals surface area contributed by atoms with Gasteiger partial charge in [0, 0.05) is 11.4 Å². The Morgan fingerprint density at radius 1 is 1.08 bits per heavy atom. The molecule has 6 heteroatoms. The third-order valence-electron chi connectivity index (χ3n) is 4.20. The Kier molecular flexibility index (Phi) is 5.16. The highest BCUT2D eigenvalue weighted by molar-refractivity contribution is 7.90. The number of nitrogens with zero attached hydrogens (tertiary/aromatic N) is 2. The first-order valence-corrected chi connectivity index (χ1v) is 10.2. The third kappa shape index (κ3) is 3.58. The van der Waals surface area contributed by atoms with Gasteiger partial charge in [-0.05, 0) is 43.7 Å². The summed E-state index contributed by atoms with van der Waals surface area (Å²) in [7, 11) is -3.73. The van der Waals surface area contributed by atoms with Crippen LogP contribution < -0.4 is 0 Å². The summed E-state index contributed by atoms with van der Waals surface area (Å²) in [5.41, 5.74) is 2.19. The maximum absolute atomic E-state index is 13.3. The molecule has 0 radical (unpaired) electrons. The van der Waals surface area contributed by atoms with E-state index in [4.69, 9.17) is 11.6 Å². The summed E-state index contributed by atoms with van der Waals surface area (Å²) < 4.78 is 27.9. The average Bonchev–Trinajstić information content (AvgIpc) is 2.93. The van der Waals surface area contributed by atoms with E-state index >= 15 is 0 Å². The van der Waals surface area contributed by atoms with Crippen molar-refractivity contribution in [3.63, 3.8) is 0 Å². The van der Waals surface area contributed by atoms with Crippen LogP contribution in [-0.2, 0) is 16.4 Å². The van der Waals surface area contributed by atoms with Gasteiger partial charge in [-0.2, -0.15) is 0 Å². The number of hydrogen-bond acceptors (Lipinski definition) is 3. The smallest absolute Gasteiger partial charge is 0.232 e. The molecule has 3 aromatic rings. The molecule has 0 spiro atoms. The number of aryl methyl sites for hydroxylation is 2. The van der Waals surface area contributed by atoms with E-state index in [1.807, 2.05) is 6.92 Å². The van der Waals surface area contributed by atoms with E-state index in [9.17, 15) is 8.42 Å². The van der Waals surface area contributed by atoms with Crippen LogP contribution in [0, 0.1) is 6.92 Å². The fourth-order valence-corrected chi connectivity index (χ4v) is 4.52. The lowest BCUT2D eigenvalue weighted by atomic mass is 10.2. The Bertz CT molecular complexity index is 992. The van der Waals surface area contributed by atoms with Gasteiger partial charge in [-0.1, -0.05) is 49.1 Å². The normalized spacial score (nSPS) is 12.0. The van der Waals surface area contributed by atoms with Gasteiger partial charge in [0.25, 0.3) is 10.0 Å². The Morgan fingerprint density at radius 3 is 2.48 bits per heavy atom. The van der Waals surface area contributed by atoms with Gasteiger partial charge in [0.05, 0.1) is 15.9 Å². The minimum Gasteiger partial charge on any atom is -0.232 e. The Morgan fingerprint density at radius 2 is 1.80 bits per heavy atom. The van der Waals surface area contributed by atoms with Crippen LogP contribution in [0.3, 0.4) is 0 Å². The second-order valence-electron chi connectivity index (χ2n) is 6.20. The molecule has 0 atom stereocenters. The van der Waals surface area contributed by atoms with E-state index in [0.29, 0.717) is 28.3 Å². The number of imidazole rings is 1. The van der Waals surface area contributed by atoms with E-state index in [2.05, 4.69) is 11.9 Å². The van der Waals surface area contributed by atoms with E-state index in [0.717, 1.165) is 24.8 Å². The van der Waals surface area contributed by atoms with E-state index < -0.39 is 10.0 Å². The molecule has 0 bridgehead atoms. The van der Waals surface area contributed by atoms with Gasteiger partial charge >= 0.3 is 0 Å². The molecular weight excluding hydrogens is 356 g/mol. The molecule has 25 heavy (non-hydrogen) atoms. The van der Waals surface area contributed by atoms with Gasteiger partial charge < -0.3 is 0 Å². The molecule has 1 heterocycles. The second-order valence-corrected chi connectivity index (χ2v) is 8.42. The summed E-state index contributed by atoms with van der Waals surface area (Å²) in [6, 6.07) is 12.0. The molecule has 0 aliphatic heterocycles. The van der Waals surface area contributed by atoms with Crippen molar-refractivity contribution in [1.82, 2.24) is 8.96 Å². The van der Waals surface area contributed by atoms with E-state index in [1.54, 1.807) is 42.5 Å². The van der Waals surface area contributed by atoms with Crippen molar-refractivity contribution in [3.8, 4) is 0 Å². The van der Waals surface area contributed by atoms with Crippen molar-refractivity contribution in [1.29, 1.82) is 0 Å². The van der Waals surface area contributed by atoms with Crippen LogP contribution >= 0.6 is 11.6 Å². The number of aromatic nitrogens is 2. The summed E-state index contributed by atoms with van der Waals surface area (Å²) >= 11 is 6.11. The minimum atomic E-state index is -3.73. The van der Waals surface area contributed by atoms with Crippen LogP contribution in [0.2, 0.25) is 5.02 Å². The first-order valence-electron chi connectivity index (χ1n) is 8.42. The zero-order valence-corrected chi connectivity index (χ0v) is 15.9. The zero-order valence-electron chi connectivity index (χ0n) is 14.4. The van der Waals surface area contributed by atoms with Crippen LogP contribution in [0.25, 0.3) is 11.0 Å². The van der Waals surface area contributed by atoms with Crippen LogP contribution in [-0.4, -0.2) is 17.4 Å². The van der Waals surface area contributed by atoms with Gasteiger partial charge in [-0.3, -0.25) is 0 Å². The largest absolute Gasteiger partial charge is 0.269 e. The maximum atomic E-state index is 13.3. The monoisotopic (exact) mass is 376 g/mol. The number of fused-ring (bicyclic) bond motifs is 1. The van der Waals surface area contributed by atoms with Gasteiger partial charge in [0.2, 0.25) is 0 Å². The molecule has 2 aromatic carbocycles. The zero-order chi connectivity index (χ0) is 18.0. The van der Waals surface area contributed by atoms with Crippen LogP contribution in [0.5, 0.6) is 0 Å². The van der Waals surface area contributed by atoms with Crippen molar-refractivity contribution < 1.29 is 8.42 Å². The topological polar surface area (TPSA) is 52.0 Å². The summed E-state index contributed by atoms with van der Waals surface area (Å²) in [6.45, 7) is 4.05. The summed E-state index contributed by atoms with van der Waals surface area (Å²) in [6.07, 6.45) is 3.62. The first-order chi connectivity index (χ1) is 11.9. The lowest BCUT2D eigenvalue weighted by Gasteiger charge is -2.11. The predicted octanol–water partition coefficient (Wildman–Crippen LogP) is 4.97. The van der Waals surface area contributed by atoms with Gasteiger partial charge in [0.15, 0.2) is 0 Å². The summed E-state index contributed by atoms with van der Waals surface area (Å²) in [5.74, 6) is 0.561. The molecule has 0 aliphatic carbocycles. The van der Waals surface area contributed by atoms with Crippen molar-refractivity contribution >= 4 is 32.7 Å². The molecule has 4 nitrogen and oxygen atoms in total. The van der Waals surface area contributed by atoms with Crippen LogP contribution in [0.1, 0.15) is 37.6 Å². The highest BCUT2D eigenvalue weighted by Crippen LogP contribution is 2.26. The molecular formula is C19H21ClN2O2S. The Labute approximate surface area is 153 Å². The van der Waals surface area contributed by atoms with Gasteiger partial charge in [-0.15, -0.1) is 0 Å². The van der Waals surface area contributed by atoms with Gasteiger partial charge in [0.1, 0.15) is 5.82 Å². The number of unbranched alkanes of at least 4 members (excludes halogenated alkanes) is 2. The quantitative estimate of drug-likeness (QED) is 0.571.